The number of hydrogen-bond acceptors (Lipinski definition) is 5. The zero-order valence-electron chi connectivity index (χ0n) is 12.9. The molecule has 2 amide bonds. The molecule has 7 nitrogen and oxygen atoms in total. The van der Waals surface area contributed by atoms with E-state index in [1.165, 1.54) is 12.1 Å². The molecule has 0 spiro atoms. The Hall–Kier alpha value is -3.22. The summed E-state index contributed by atoms with van der Waals surface area (Å²) in [4.78, 5) is 35.8. The van der Waals surface area contributed by atoms with Gasteiger partial charge in [-0.05, 0) is 30.7 Å². The summed E-state index contributed by atoms with van der Waals surface area (Å²) < 4.78 is 5.55. The maximum atomic E-state index is 12.3. The summed E-state index contributed by atoms with van der Waals surface area (Å²) in [6.07, 6.45) is 0. The molecule has 0 atom stereocenters. The number of imide groups is 1. The minimum Gasteiger partial charge on any atom is -0.492 e. The SMILES string of the molecule is Cc1cccc(OCCN2C(=O)c3ccc([N+](=O)[O-])cc3C2=O)c1. The topological polar surface area (TPSA) is 89.8 Å². The highest BCUT2D eigenvalue weighted by atomic mass is 16.6. The summed E-state index contributed by atoms with van der Waals surface area (Å²) in [5.41, 5.74) is 1.07. The highest BCUT2D eigenvalue weighted by Crippen LogP contribution is 2.26. The summed E-state index contributed by atoms with van der Waals surface area (Å²) in [6, 6.07) is 11.1. The highest BCUT2D eigenvalue weighted by Gasteiger charge is 2.36. The molecule has 0 fully saturated rings. The van der Waals surface area contributed by atoms with Crippen LogP contribution in [-0.4, -0.2) is 34.8 Å². The Labute approximate surface area is 137 Å². The van der Waals surface area contributed by atoms with Crippen molar-refractivity contribution < 1.29 is 19.2 Å². The van der Waals surface area contributed by atoms with Crippen molar-refractivity contribution in [3.8, 4) is 5.75 Å². The largest absolute Gasteiger partial charge is 0.492 e. The Bertz CT molecular complexity index is 847. The van der Waals surface area contributed by atoms with Gasteiger partial charge in [-0.25, -0.2) is 0 Å². The fourth-order valence-electron chi connectivity index (χ4n) is 2.56. The Morgan fingerprint density at radius 2 is 1.83 bits per heavy atom. The second kappa shape index (κ2) is 6.11. The summed E-state index contributed by atoms with van der Waals surface area (Å²) in [5, 5.41) is 10.8. The van der Waals surface area contributed by atoms with Crippen LogP contribution in [0.3, 0.4) is 0 Å². The molecule has 0 N–H and O–H groups in total. The average Bonchev–Trinajstić information content (AvgIpc) is 2.79. The fraction of sp³-hybridized carbons (Fsp3) is 0.176. The Balaban J connectivity index is 1.70. The first-order chi connectivity index (χ1) is 11.5. The van der Waals surface area contributed by atoms with Crippen molar-refractivity contribution in [2.75, 3.05) is 13.2 Å². The molecule has 1 aliphatic rings. The monoisotopic (exact) mass is 326 g/mol. The van der Waals surface area contributed by atoms with Crippen LogP contribution in [0.4, 0.5) is 5.69 Å². The lowest BCUT2D eigenvalue weighted by atomic mass is 10.1. The van der Waals surface area contributed by atoms with Gasteiger partial charge in [-0.3, -0.25) is 24.6 Å². The third-order valence-electron chi connectivity index (χ3n) is 3.74. The summed E-state index contributed by atoms with van der Waals surface area (Å²) in [5.74, 6) is -0.341. The van der Waals surface area contributed by atoms with Gasteiger partial charge in [0.2, 0.25) is 0 Å². The molecule has 0 aromatic heterocycles. The van der Waals surface area contributed by atoms with Crippen LogP contribution >= 0.6 is 0 Å². The number of hydrogen-bond donors (Lipinski definition) is 0. The van der Waals surface area contributed by atoms with E-state index in [1.807, 2.05) is 25.1 Å². The van der Waals surface area contributed by atoms with Crippen molar-refractivity contribution >= 4 is 17.5 Å². The number of nitrogens with zero attached hydrogens (tertiary/aromatic N) is 2. The van der Waals surface area contributed by atoms with E-state index < -0.39 is 16.7 Å². The molecule has 0 saturated carbocycles. The van der Waals surface area contributed by atoms with Gasteiger partial charge in [0, 0.05) is 12.1 Å². The molecule has 0 unspecified atom stereocenters. The summed E-state index contributed by atoms with van der Waals surface area (Å²) >= 11 is 0. The van der Waals surface area contributed by atoms with Crippen molar-refractivity contribution in [1.82, 2.24) is 4.90 Å². The van der Waals surface area contributed by atoms with Gasteiger partial charge < -0.3 is 4.74 Å². The van der Waals surface area contributed by atoms with Crippen LogP contribution in [-0.2, 0) is 0 Å². The van der Waals surface area contributed by atoms with Gasteiger partial charge >= 0.3 is 0 Å². The van der Waals surface area contributed by atoms with E-state index in [-0.39, 0.29) is 30.0 Å². The number of non-ortho nitro benzene ring substituents is 1. The minimum atomic E-state index is -0.596. The quantitative estimate of drug-likeness (QED) is 0.478. The van der Waals surface area contributed by atoms with Crippen LogP contribution in [0.1, 0.15) is 26.3 Å². The van der Waals surface area contributed by atoms with Gasteiger partial charge in [0.05, 0.1) is 22.6 Å². The van der Waals surface area contributed by atoms with Crippen molar-refractivity contribution in [2.24, 2.45) is 0 Å². The second-order valence-corrected chi connectivity index (χ2v) is 5.41. The van der Waals surface area contributed by atoms with Crippen molar-refractivity contribution in [3.63, 3.8) is 0 Å². The van der Waals surface area contributed by atoms with Gasteiger partial charge in [-0.1, -0.05) is 12.1 Å². The zero-order valence-corrected chi connectivity index (χ0v) is 12.9. The van der Waals surface area contributed by atoms with Gasteiger partial charge in [-0.15, -0.1) is 0 Å². The van der Waals surface area contributed by atoms with E-state index in [0.29, 0.717) is 5.75 Å². The number of carbonyl (C=O) groups is 2. The summed E-state index contributed by atoms with van der Waals surface area (Å²) in [7, 11) is 0. The lowest BCUT2D eigenvalue weighted by molar-refractivity contribution is -0.384. The molecule has 2 aromatic rings. The first-order valence-electron chi connectivity index (χ1n) is 7.31. The van der Waals surface area contributed by atoms with Crippen molar-refractivity contribution in [3.05, 3.63) is 69.3 Å². The van der Waals surface area contributed by atoms with Crippen molar-refractivity contribution in [1.29, 1.82) is 0 Å². The number of ether oxygens (including phenoxy) is 1. The maximum Gasteiger partial charge on any atom is 0.270 e. The molecule has 1 aliphatic heterocycles. The van der Waals surface area contributed by atoms with E-state index in [1.54, 1.807) is 6.07 Å². The summed E-state index contributed by atoms with van der Waals surface area (Å²) in [6.45, 7) is 2.16. The zero-order chi connectivity index (χ0) is 17.3. The molecule has 24 heavy (non-hydrogen) atoms. The Morgan fingerprint density at radius 1 is 1.08 bits per heavy atom. The van der Waals surface area contributed by atoms with E-state index in [2.05, 4.69) is 0 Å². The molecule has 0 aliphatic carbocycles. The number of nitro benzene ring substituents is 1. The second-order valence-electron chi connectivity index (χ2n) is 5.41. The Morgan fingerprint density at radius 3 is 2.54 bits per heavy atom. The number of carbonyl (C=O) groups excluding carboxylic acids is 2. The van der Waals surface area contributed by atoms with Crippen LogP contribution in [0.25, 0.3) is 0 Å². The number of benzene rings is 2. The molecule has 2 aromatic carbocycles. The van der Waals surface area contributed by atoms with E-state index in [0.717, 1.165) is 16.5 Å². The lowest BCUT2D eigenvalue weighted by Crippen LogP contribution is -2.33. The number of amides is 2. The minimum absolute atomic E-state index is 0.0600. The van der Waals surface area contributed by atoms with Crippen LogP contribution in [0.15, 0.2) is 42.5 Å². The first-order valence-corrected chi connectivity index (χ1v) is 7.31. The van der Waals surface area contributed by atoms with Crippen LogP contribution in [0.5, 0.6) is 5.75 Å². The van der Waals surface area contributed by atoms with Crippen LogP contribution < -0.4 is 4.74 Å². The van der Waals surface area contributed by atoms with E-state index in [9.17, 15) is 19.7 Å². The lowest BCUT2D eigenvalue weighted by Gasteiger charge is -2.14. The van der Waals surface area contributed by atoms with Crippen LogP contribution in [0, 0.1) is 17.0 Å². The molecule has 122 valence electrons. The third kappa shape index (κ3) is 2.83. The molecule has 0 bridgehead atoms. The molecule has 1 heterocycles. The Kier molecular flexibility index (Phi) is 3.99. The number of aryl methyl sites for hydroxylation is 1. The number of rotatable bonds is 5. The average molecular weight is 326 g/mol. The highest BCUT2D eigenvalue weighted by molar-refractivity contribution is 6.21. The van der Waals surface area contributed by atoms with Gasteiger partial charge in [-0.2, -0.15) is 0 Å². The molecular formula is C17H14N2O5. The van der Waals surface area contributed by atoms with Gasteiger partial charge in [0.1, 0.15) is 12.4 Å². The third-order valence-corrected chi connectivity index (χ3v) is 3.74. The maximum absolute atomic E-state index is 12.3. The number of nitro groups is 1. The number of fused-ring (bicyclic) bond motifs is 1. The molecule has 0 saturated heterocycles. The molecule has 7 heteroatoms. The standard InChI is InChI=1S/C17H14N2O5/c1-11-3-2-4-13(9-11)24-8-7-18-16(20)14-6-5-12(19(22)23)10-15(14)17(18)21/h2-6,9-10H,7-8H2,1H3. The predicted molar refractivity (Wildman–Crippen MR) is 85.1 cm³/mol. The normalized spacial score (nSPS) is 13.1. The molecule has 0 radical (unpaired) electrons. The molecule has 3 rings (SSSR count). The van der Waals surface area contributed by atoms with Crippen LogP contribution in [0.2, 0.25) is 0 Å². The van der Waals surface area contributed by atoms with E-state index in [4.69, 9.17) is 4.74 Å². The van der Waals surface area contributed by atoms with Crippen molar-refractivity contribution in [2.45, 2.75) is 6.92 Å². The fourth-order valence-corrected chi connectivity index (χ4v) is 2.56. The van der Waals surface area contributed by atoms with E-state index >= 15 is 0 Å². The predicted octanol–water partition coefficient (Wildman–Crippen LogP) is 2.58. The molecular weight excluding hydrogens is 312 g/mol. The van der Waals surface area contributed by atoms with Gasteiger partial charge in [0.25, 0.3) is 17.5 Å². The smallest absolute Gasteiger partial charge is 0.270 e. The first kappa shape index (κ1) is 15.7. The van der Waals surface area contributed by atoms with Gasteiger partial charge in [0.15, 0.2) is 0 Å².